The van der Waals surface area contributed by atoms with Gasteiger partial charge in [-0.15, -0.1) is 0 Å². The smallest absolute Gasteiger partial charge is 0.339 e. The quantitative estimate of drug-likeness (QED) is 0.535. The van der Waals surface area contributed by atoms with Crippen LogP contribution in [0.15, 0.2) is 82.5 Å². The van der Waals surface area contributed by atoms with E-state index in [0.717, 1.165) is 5.56 Å². The standard InChI is InChI=1S/C21H16N2O4S/c1-14-10-12-15(13-11-14)28(25,26)27-19-9-5-3-7-17(19)20-22-18-8-4-2-6-16(18)21(24)23-20/h2-13H,1H3,(H,22,23,24). The van der Waals surface area contributed by atoms with E-state index in [4.69, 9.17) is 4.18 Å². The van der Waals surface area contributed by atoms with E-state index >= 15 is 0 Å². The second-order valence-electron chi connectivity index (χ2n) is 6.28. The molecule has 0 bridgehead atoms. The van der Waals surface area contributed by atoms with Gasteiger partial charge in [0.25, 0.3) is 5.56 Å². The van der Waals surface area contributed by atoms with Crippen LogP contribution < -0.4 is 9.74 Å². The number of hydrogen-bond donors (Lipinski definition) is 1. The molecule has 4 rings (SSSR count). The summed E-state index contributed by atoms with van der Waals surface area (Å²) < 4.78 is 30.7. The summed E-state index contributed by atoms with van der Waals surface area (Å²) in [5.41, 5.74) is 1.52. The van der Waals surface area contributed by atoms with Crippen molar-refractivity contribution in [3.05, 3.63) is 88.7 Å². The van der Waals surface area contributed by atoms with E-state index in [2.05, 4.69) is 9.97 Å². The first-order valence-corrected chi connectivity index (χ1v) is 9.94. The Morgan fingerprint density at radius 3 is 2.36 bits per heavy atom. The second kappa shape index (κ2) is 6.94. The predicted octanol–water partition coefficient (Wildman–Crippen LogP) is 3.67. The Morgan fingerprint density at radius 2 is 1.57 bits per heavy atom. The highest BCUT2D eigenvalue weighted by molar-refractivity contribution is 7.87. The van der Waals surface area contributed by atoms with E-state index in [-0.39, 0.29) is 22.0 Å². The lowest BCUT2D eigenvalue weighted by Crippen LogP contribution is -2.12. The van der Waals surface area contributed by atoms with Crippen LogP contribution in [0.4, 0.5) is 0 Å². The van der Waals surface area contributed by atoms with Crippen LogP contribution in [0.5, 0.6) is 5.75 Å². The van der Waals surface area contributed by atoms with Crippen LogP contribution in [0.1, 0.15) is 5.56 Å². The van der Waals surface area contributed by atoms with Crippen molar-refractivity contribution in [2.45, 2.75) is 11.8 Å². The summed E-state index contributed by atoms with van der Waals surface area (Å²) >= 11 is 0. The van der Waals surface area contributed by atoms with Gasteiger partial charge in [-0.3, -0.25) is 4.79 Å². The molecule has 1 aromatic heterocycles. The number of aromatic nitrogens is 2. The van der Waals surface area contributed by atoms with Gasteiger partial charge >= 0.3 is 10.1 Å². The molecule has 0 fully saturated rings. The zero-order valence-electron chi connectivity index (χ0n) is 14.9. The maximum atomic E-state index is 12.7. The Hall–Kier alpha value is -3.45. The first kappa shape index (κ1) is 17.9. The molecule has 6 nitrogen and oxygen atoms in total. The van der Waals surface area contributed by atoms with Crippen molar-refractivity contribution in [1.29, 1.82) is 0 Å². The zero-order valence-corrected chi connectivity index (χ0v) is 15.7. The van der Waals surface area contributed by atoms with Gasteiger partial charge in [0.05, 0.1) is 16.5 Å². The number of hydrogen-bond acceptors (Lipinski definition) is 5. The number of nitrogens with zero attached hydrogens (tertiary/aromatic N) is 1. The Labute approximate surface area is 161 Å². The fraction of sp³-hybridized carbons (Fsp3) is 0.0476. The molecular formula is C21H16N2O4S. The molecule has 28 heavy (non-hydrogen) atoms. The number of aromatic amines is 1. The monoisotopic (exact) mass is 392 g/mol. The number of H-pyrrole nitrogens is 1. The molecule has 0 saturated carbocycles. The number of benzene rings is 3. The maximum absolute atomic E-state index is 12.7. The highest BCUT2D eigenvalue weighted by Gasteiger charge is 2.20. The largest absolute Gasteiger partial charge is 0.378 e. The third-order valence-corrected chi connectivity index (χ3v) is 5.51. The van der Waals surface area contributed by atoms with E-state index in [0.29, 0.717) is 16.5 Å². The summed E-state index contributed by atoms with van der Waals surface area (Å²) in [6.45, 7) is 1.87. The molecule has 0 aliphatic carbocycles. The van der Waals surface area contributed by atoms with Gasteiger partial charge in [0.15, 0.2) is 5.75 Å². The van der Waals surface area contributed by atoms with Gasteiger partial charge in [-0.2, -0.15) is 8.42 Å². The number of rotatable bonds is 4. The molecule has 0 saturated heterocycles. The third-order valence-electron chi connectivity index (χ3n) is 4.26. The lowest BCUT2D eigenvalue weighted by Gasteiger charge is -2.11. The van der Waals surface area contributed by atoms with Gasteiger partial charge in [-0.05, 0) is 43.3 Å². The van der Waals surface area contributed by atoms with Crippen molar-refractivity contribution in [2.24, 2.45) is 0 Å². The number of aryl methyl sites for hydroxylation is 1. The fourth-order valence-electron chi connectivity index (χ4n) is 2.82. The Balaban J connectivity index is 1.80. The number of fused-ring (bicyclic) bond motifs is 1. The molecule has 1 heterocycles. The summed E-state index contributed by atoms with van der Waals surface area (Å²) in [6, 6.07) is 19.9. The van der Waals surface area contributed by atoms with Crippen LogP contribution in [0.3, 0.4) is 0 Å². The summed E-state index contributed by atoms with van der Waals surface area (Å²) in [6.07, 6.45) is 0. The maximum Gasteiger partial charge on any atom is 0.339 e. The summed E-state index contributed by atoms with van der Waals surface area (Å²) in [5, 5.41) is 0.455. The number of para-hydroxylation sites is 2. The molecule has 0 aliphatic heterocycles. The normalized spacial score (nSPS) is 11.5. The summed E-state index contributed by atoms with van der Waals surface area (Å²) in [5.74, 6) is 0.319. The molecule has 0 spiro atoms. The van der Waals surface area contributed by atoms with Crippen LogP contribution in [0, 0.1) is 6.92 Å². The molecule has 3 aromatic carbocycles. The predicted molar refractivity (Wildman–Crippen MR) is 107 cm³/mol. The van der Waals surface area contributed by atoms with E-state index in [1.807, 2.05) is 6.92 Å². The topological polar surface area (TPSA) is 89.1 Å². The first-order chi connectivity index (χ1) is 13.4. The van der Waals surface area contributed by atoms with Gasteiger partial charge in [0.1, 0.15) is 10.7 Å². The molecule has 7 heteroatoms. The lowest BCUT2D eigenvalue weighted by atomic mass is 10.1. The summed E-state index contributed by atoms with van der Waals surface area (Å²) in [7, 11) is -4.03. The van der Waals surface area contributed by atoms with Crippen molar-refractivity contribution in [3.8, 4) is 17.1 Å². The van der Waals surface area contributed by atoms with E-state index in [1.54, 1.807) is 54.6 Å². The highest BCUT2D eigenvalue weighted by Crippen LogP contribution is 2.30. The van der Waals surface area contributed by atoms with Gasteiger partial charge in [0, 0.05) is 0 Å². The van der Waals surface area contributed by atoms with Crippen molar-refractivity contribution < 1.29 is 12.6 Å². The minimum atomic E-state index is -4.03. The fourth-order valence-corrected chi connectivity index (χ4v) is 3.77. The third kappa shape index (κ3) is 3.39. The average Bonchev–Trinajstić information content (AvgIpc) is 2.68. The Kier molecular flexibility index (Phi) is 4.44. The molecule has 0 aliphatic rings. The Bertz CT molecular complexity index is 1330. The van der Waals surface area contributed by atoms with Crippen molar-refractivity contribution in [1.82, 2.24) is 9.97 Å². The SMILES string of the molecule is Cc1ccc(S(=O)(=O)Oc2ccccc2-c2nc3ccccc3c(=O)[nH]2)cc1. The second-order valence-corrected chi connectivity index (χ2v) is 7.82. The Morgan fingerprint density at radius 1 is 0.893 bits per heavy atom. The minimum Gasteiger partial charge on any atom is -0.378 e. The lowest BCUT2D eigenvalue weighted by molar-refractivity contribution is 0.486. The first-order valence-electron chi connectivity index (χ1n) is 8.54. The molecule has 4 aromatic rings. The molecule has 0 atom stereocenters. The zero-order chi connectivity index (χ0) is 19.7. The van der Waals surface area contributed by atoms with E-state index in [1.165, 1.54) is 18.2 Å². The van der Waals surface area contributed by atoms with Crippen LogP contribution in [0.25, 0.3) is 22.3 Å². The average molecular weight is 392 g/mol. The van der Waals surface area contributed by atoms with Crippen molar-refractivity contribution >= 4 is 21.0 Å². The van der Waals surface area contributed by atoms with Gasteiger partial charge < -0.3 is 9.17 Å². The van der Waals surface area contributed by atoms with E-state index < -0.39 is 10.1 Å². The van der Waals surface area contributed by atoms with Gasteiger partial charge in [0.2, 0.25) is 0 Å². The van der Waals surface area contributed by atoms with E-state index in [9.17, 15) is 13.2 Å². The molecule has 0 amide bonds. The van der Waals surface area contributed by atoms with Crippen LogP contribution in [-0.2, 0) is 10.1 Å². The molecular weight excluding hydrogens is 376 g/mol. The van der Waals surface area contributed by atoms with Gasteiger partial charge in [-0.25, -0.2) is 4.98 Å². The highest BCUT2D eigenvalue weighted by atomic mass is 32.2. The summed E-state index contributed by atoms with van der Waals surface area (Å²) in [4.78, 5) is 19.6. The van der Waals surface area contributed by atoms with Crippen molar-refractivity contribution in [2.75, 3.05) is 0 Å². The molecule has 1 N–H and O–H groups in total. The van der Waals surface area contributed by atoms with Crippen LogP contribution >= 0.6 is 0 Å². The molecule has 0 radical (unpaired) electrons. The minimum absolute atomic E-state index is 0.0490. The van der Waals surface area contributed by atoms with Crippen molar-refractivity contribution in [3.63, 3.8) is 0 Å². The van der Waals surface area contributed by atoms with Gasteiger partial charge in [-0.1, -0.05) is 42.0 Å². The molecule has 140 valence electrons. The van der Waals surface area contributed by atoms with Crippen LogP contribution in [0.2, 0.25) is 0 Å². The number of nitrogens with one attached hydrogen (secondary N) is 1. The molecule has 0 unspecified atom stereocenters. The van der Waals surface area contributed by atoms with Crippen LogP contribution in [-0.4, -0.2) is 18.4 Å².